The molecule has 0 aliphatic heterocycles. The van der Waals surface area contributed by atoms with Gasteiger partial charge in [-0.2, -0.15) is 0 Å². The van der Waals surface area contributed by atoms with Gasteiger partial charge in [0.25, 0.3) is 0 Å². The predicted octanol–water partition coefficient (Wildman–Crippen LogP) is 2.41. The fourth-order valence-corrected chi connectivity index (χ4v) is 2.69. The summed E-state index contributed by atoms with van der Waals surface area (Å²) in [6, 6.07) is 15.4. The third-order valence-electron chi connectivity index (χ3n) is 4.08. The molecule has 2 aromatic carbocycles. The average molecular weight is 362 g/mol. The van der Waals surface area contributed by atoms with Gasteiger partial charge in [-0.05, 0) is 36.4 Å². The predicted molar refractivity (Wildman–Crippen MR) is 105 cm³/mol. The van der Waals surface area contributed by atoms with Gasteiger partial charge < -0.3 is 20.4 Å². The second-order valence-corrected chi connectivity index (χ2v) is 6.89. The Labute approximate surface area is 154 Å². The molecule has 0 heterocycles. The zero-order chi connectivity index (χ0) is 18.4. The molecule has 134 valence electrons. The molecule has 0 aliphatic carbocycles. The Kier molecular flexibility index (Phi) is 6.67. The van der Waals surface area contributed by atoms with Crippen molar-refractivity contribution in [2.24, 2.45) is 0 Å². The van der Waals surface area contributed by atoms with Crippen molar-refractivity contribution in [2.75, 3.05) is 45.0 Å². The number of carbonyl (C=O) groups is 1. The number of carbonyl (C=O) groups excluding carboxylic acids is 1. The van der Waals surface area contributed by atoms with E-state index >= 15 is 0 Å². The molecule has 0 saturated carbocycles. The van der Waals surface area contributed by atoms with Crippen LogP contribution in [0, 0.1) is 0 Å². The molecule has 2 rings (SSSR count). The van der Waals surface area contributed by atoms with Crippen molar-refractivity contribution in [1.82, 2.24) is 5.32 Å². The van der Waals surface area contributed by atoms with E-state index in [-0.39, 0.29) is 12.1 Å². The van der Waals surface area contributed by atoms with Crippen LogP contribution in [0.25, 0.3) is 0 Å². The molecule has 3 N–H and O–H groups in total. The molecule has 6 heteroatoms. The number of hydrogen-bond acceptors (Lipinski definition) is 2. The van der Waals surface area contributed by atoms with Crippen LogP contribution in [0.1, 0.15) is 11.6 Å². The van der Waals surface area contributed by atoms with E-state index in [0.717, 1.165) is 5.69 Å². The molecule has 0 radical (unpaired) electrons. The summed E-state index contributed by atoms with van der Waals surface area (Å²) in [6.07, 6.45) is 0. The Morgan fingerprint density at radius 3 is 2.20 bits per heavy atom. The maximum atomic E-state index is 12.1. The van der Waals surface area contributed by atoms with Crippen LogP contribution < -0.4 is 20.4 Å². The summed E-state index contributed by atoms with van der Waals surface area (Å²) in [5.74, 6) is 0. The molecule has 0 aliphatic rings. The lowest BCUT2D eigenvalue weighted by Crippen LogP contribution is -3.07. The topological polar surface area (TPSA) is 48.8 Å². The van der Waals surface area contributed by atoms with E-state index in [1.807, 2.05) is 14.1 Å². The quantitative estimate of drug-likeness (QED) is 0.740. The molecule has 0 saturated heterocycles. The van der Waals surface area contributed by atoms with Crippen molar-refractivity contribution in [3.63, 3.8) is 0 Å². The van der Waals surface area contributed by atoms with Gasteiger partial charge in [0, 0.05) is 36.1 Å². The maximum Gasteiger partial charge on any atom is 0.319 e. The molecule has 0 fully saturated rings. The van der Waals surface area contributed by atoms with Gasteiger partial charge >= 0.3 is 6.03 Å². The fraction of sp³-hybridized carbons (Fsp3) is 0.316. The van der Waals surface area contributed by atoms with E-state index in [9.17, 15) is 4.79 Å². The highest BCUT2D eigenvalue weighted by Crippen LogP contribution is 2.16. The SMILES string of the molecule is CN(C)c1ccc([C@H](CNC(=O)Nc2ccc(Cl)cc2)[NH+](C)C)cc1. The molecular weight excluding hydrogens is 336 g/mol. The third-order valence-corrected chi connectivity index (χ3v) is 4.33. The summed E-state index contributed by atoms with van der Waals surface area (Å²) in [4.78, 5) is 15.5. The van der Waals surface area contributed by atoms with Crippen LogP contribution in [0.2, 0.25) is 5.02 Å². The molecule has 1 atom stereocenters. The number of quaternary nitrogens is 1. The van der Waals surface area contributed by atoms with Gasteiger partial charge in [0.15, 0.2) is 0 Å². The van der Waals surface area contributed by atoms with Crippen LogP contribution in [0.5, 0.6) is 0 Å². The lowest BCUT2D eigenvalue weighted by Gasteiger charge is -2.23. The van der Waals surface area contributed by atoms with E-state index < -0.39 is 0 Å². The van der Waals surface area contributed by atoms with Gasteiger partial charge in [0.2, 0.25) is 0 Å². The minimum Gasteiger partial charge on any atom is -0.378 e. The first kappa shape index (κ1) is 19.1. The lowest BCUT2D eigenvalue weighted by molar-refractivity contribution is -0.890. The number of likely N-dealkylation sites (N-methyl/N-ethyl adjacent to an activating group) is 1. The Morgan fingerprint density at radius 2 is 1.68 bits per heavy atom. The summed E-state index contributed by atoms with van der Waals surface area (Å²) in [5, 5.41) is 6.41. The largest absolute Gasteiger partial charge is 0.378 e. The minimum absolute atomic E-state index is 0.173. The second kappa shape index (κ2) is 8.74. The molecule has 0 unspecified atom stereocenters. The number of urea groups is 1. The zero-order valence-electron chi connectivity index (χ0n) is 15.1. The molecule has 0 aromatic heterocycles. The highest BCUT2D eigenvalue weighted by atomic mass is 35.5. The Morgan fingerprint density at radius 1 is 1.08 bits per heavy atom. The average Bonchev–Trinajstić information content (AvgIpc) is 2.57. The fourth-order valence-electron chi connectivity index (χ4n) is 2.56. The first-order valence-electron chi connectivity index (χ1n) is 8.24. The summed E-state index contributed by atoms with van der Waals surface area (Å²) in [5.41, 5.74) is 3.06. The number of halogens is 1. The van der Waals surface area contributed by atoms with E-state index in [0.29, 0.717) is 17.3 Å². The van der Waals surface area contributed by atoms with E-state index in [2.05, 4.69) is 53.9 Å². The second-order valence-electron chi connectivity index (χ2n) is 6.46. The van der Waals surface area contributed by atoms with Gasteiger partial charge in [-0.25, -0.2) is 4.79 Å². The van der Waals surface area contributed by atoms with Crippen LogP contribution >= 0.6 is 11.6 Å². The normalized spacial score (nSPS) is 11.9. The molecular formula is C19H26ClN4O+. The van der Waals surface area contributed by atoms with Gasteiger partial charge in [-0.1, -0.05) is 23.7 Å². The number of anilines is 2. The molecule has 0 bridgehead atoms. The summed E-state index contributed by atoms with van der Waals surface area (Å²) >= 11 is 5.85. The molecule has 2 aromatic rings. The van der Waals surface area contributed by atoms with E-state index in [1.165, 1.54) is 10.5 Å². The van der Waals surface area contributed by atoms with E-state index in [4.69, 9.17) is 11.6 Å². The highest BCUT2D eigenvalue weighted by molar-refractivity contribution is 6.30. The number of rotatable bonds is 6. The number of amides is 2. The van der Waals surface area contributed by atoms with Crippen molar-refractivity contribution in [3.8, 4) is 0 Å². The summed E-state index contributed by atoms with van der Waals surface area (Å²) in [7, 11) is 8.21. The molecule has 25 heavy (non-hydrogen) atoms. The summed E-state index contributed by atoms with van der Waals surface area (Å²) in [6.45, 7) is 0.545. The van der Waals surface area contributed by atoms with Gasteiger partial charge in [0.1, 0.15) is 6.04 Å². The molecule has 2 amide bonds. The van der Waals surface area contributed by atoms with Crippen LogP contribution in [0.3, 0.4) is 0 Å². The Balaban J connectivity index is 1.96. The van der Waals surface area contributed by atoms with Crippen molar-refractivity contribution in [3.05, 3.63) is 59.1 Å². The molecule has 5 nitrogen and oxygen atoms in total. The number of nitrogens with zero attached hydrogens (tertiary/aromatic N) is 1. The maximum absolute atomic E-state index is 12.1. The standard InChI is InChI=1S/C19H25ClN4O/c1-23(2)17-11-5-14(6-12-17)18(24(3)4)13-21-19(25)22-16-9-7-15(20)8-10-16/h5-12,18H,13H2,1-4H3,(H2,21,22,25)/p+1/t18-/m0/s1. The monoisotopic (exact) mass is 361 g/mol. The minimum atomic E-state index is -0.224. The first-order valence-corrected chi connectivity index (χ1v) is 8.62. The molecule has 0 spiro atoms. The van der Waals surface area contributed by atoms with Crippen molar-refractivity contribution < 1.29 is 9.69 Å². The van der Waals surface area contributed by atoms with E-state index in [1.54, 1.807) is 24.3 Å². The number of nitrogens with one attached hydrogen (secondary N) is 3. The van der Waals surface area contributed by atoms with Crippen LogP contribution in [0.15, 0.2) is 48.5 Å². The number of benzene rings is 2. The van der Waals surface area contributed by atoms with Gasteiger partial charge in [-0.3, -0.25) is 0 Å². The van der Waals surface area contributed by atoms with Crippen LogP contribution in [-0.2, 0) is 0 Å². The van der Waals surface area contributed by atoms with Crippen molar-refractivity contribution in [2.45, 2.75) is 6.04 Å². The van der Waals surface area contributed by atoms with Crippen molar-refractivity contribution >= 4 is 29.0 Å². The third kappa shape index (κ3) is 5.66. The van der Waals surface area contributed by atoms with Crippen molar-refractivity contribution in [1.29, 1.82) is 0 Å². The highest BCUT2D eigenvalue weighted by Gasteiger charge is 2.19. The Hall–Kier alpha value is -2.24. The van der Waals surface area contributed by atoms with Gasteiger partial charge in [0.05, 0.1) is 20.6 Å². The van der Waals surface area contributed by atoms with Crippen LogP contribution in [-0.4, -0.2) is 40.8 Å². The Bertz CT molecular complexity index is 684. The zero-order valence-corrected chi connectivity index (χ0v) is 15.9. The van der Waals surface area contributed by atoms with Crippen LogP contribution in [0.4, 0.5) is 16.2 Å². The van der Waals surface area contributed by atoms with Gasteiger partial charge in [-0.15, -0.1) is 0 Å². The number of hydrogen-bond donors (Lipinski definition) is 3. The summed E-state index contributed by atoms with van der Waals surface area (Å²) < 4.78 is 0. The first-order chi connectivity index (χ1) is 11.9. The smallest absolute Gasteiger partial charge is 0.319 e. The lowest BCUT2D eigenvalue weighted by atomic mass is 10.1.